The largest absolute Gasteiger partial charge is 0.352 e. The summed E-state index contributed by atoms with van der Waals surface area (Å²) in [6.45, 7) is 8.99. The van der Waals surface area contributed by atoms with Crippen LogP contribution >= 0.6 is 11.3 Å². The number of thiophene rings is 1. The molecule has 0 radical (unpaired) electrons. The fourth-order valence-electron chi connectivity index (χ4n) is 2.66. The first-order chi connectivity index (χ1) is 10.9. The molecule has 6 heteroatoms. The molecule has 2 aromatic heterocycles. The number of nitrogens with zero attached hydrogens (tertiary/aromatic N) is 4. The molecular weight excluding hydrogens is 308 g/mol. The minimum Gasteiger partial charge on any atom is -0.352 e. The van der Waals surface area contributed by atoms with Crippen LogP contribution in [0.1, 0.15) is 20.8 Å². The molecule has 2 aromatic rings. The number of hydrogen-bond acceptors (Lipinski definition) is 5. The van der Waals surface area contributed by atoms with Crippen molar-refractivity contribution in [2.75, 3.05) is 31.1 Å². The highest BCUT2D eigenvalue weighted by molar-refractivity contribution is 7.13. The van der Waals surface area contributed by atoms with Crippen molar-refractivity contribution in [3.8, 4) is 10.6 Å². The summed E-state index contributed by atoms with van der Waals surface area (Å²) in [6.07, 6.45) is 0. The summed E-state index contributed by atoms with van der Waals surface area (Å²) >= 11 is 1.66. The van der Waals surface area contributed by atoms with Gasteiger partial charge in [-0.3, -0.25) is 4.79 Å². The summed E-state index contributed by atoms with van der Waals surface area (Å²) in [5, 5.41) is 10.7. The molecule has 122 valence electrons. The first-order valence-corrected chi connectivity index (χ1v) is 8.75. The fraction of sp³-hybridized carbons (Fsp3) is 0.471. The minimum atomic E-state index is -0.315. The second kappa shape index (κ2) is 6.28. The van der Waals surface area contributed by atoms with E-state index in [0.29, 0.717) is 0 Å². The highest BCUT2D eigenvalue weighted by atomic mass is 32.1. The summed E-state index contributed by atoms with van der Waals surface area (Å²) in [7, 11) is 0. The molecule has 0 N–H and O–H groups in total. The van der Waals surface area contributed by atoms with Crippen LogP contribution in [0.15, 0.2) is 29.6 Å². The van der Waals surface area contributed by atoms with Crippen LogP contribution in [0.4, 0.5) is 5.82 Å². The molecule has 0 atom stereocenters. The van der Waals surface area contributed by atoms with E-state index in [4.69, 9.17) is 0 Å². The van der Waals surface area contributed by atoms with E-state index < -0.39 is 0 Å². The van der Waals surface area contributed by atoms with E-state index in [2.05, 4.69) is 15.1 Å². The highest BCUT2D eigenvalue weighted by Gasteiger charge is 2.29. The fourth-order valence-corrected chi connectivity index (χ4v) is 3.35. The summed E-state index contributed by atoms with van der Waals surface area (Å²) in [5.41, 5.74) is 0.593. The maximum atomic E-state index is 12.3. The Morgan fingerprint density at radius 3 is 2.35 bits per heavy atom. The zero-order valence-electron chi connectivity index (χ0n) is 13.8. The van der Waals surface area contributed by atoms with Gasteiger partial charge in [-0.05, 0) is 23.6 Å². The molecule has 1 saturated heterocycles. The van der Waals surface area contributed by atoms with Crippen molar-refractivity contribution in [2.45, 2.75) is 20.8 Å². The Bertz CT molecular complexity index is 653. The lowest BCUT2D eigenvalue weighted by Gasteiger charge is -2.38. The third kappa shape index (κ3) is 3.52. The van der Waals surface area contributed by atoms with Crippen molar-refractivity contribution in [3.05, 3.63) is 29.6 Å². The highest BCUT2D eigenvalue weighted by Crippen LogP contribution is 2.24. The molecule has 0 saturated carbocycles. The first-order valence-electron chi connectivity index (χ1n) is 7.87. The van der Waals surface area contributed by atoms with Gasteiger partial charge in [-0.1, -0.05) is 26.8 Å². The average molecular weight is 330 g/mol. The molecule has 5 nitrogen and oxygen atoms in total. The van der Waals surface area contributed by atoms with Gasteiger partial charge in [0.1, 0.15) is 5.69 Å². The SMILES string of the molecule is CC(C)(C)C(=O)N1CCN(c2ccc(-c3cccs3)nn2)CC1. The number of anilines is 1. The van der Waals surface area contributed by atoms with E-state index >= 15 is 0 Å². The van der Waals surface area contributed by atoms with Gasteiger partial charge in [0.15, 0.2) is 5.82 Å². The Hall–Kier alpha value is -1.95. The van der Waals surface area contributed by atoms with E-state index in [9.17, 15) is 4.79 Å². The zero-order valence-corrected chi connectivity index (χ0v) is 14.6. The van der Waals surface area contributed by atoms with Crippen LogP contribution in [-0.2, 0) is 4.79 Å². The van der Waals surface area contributed by atoms with Gasteiger partial charge in [-0.15, -0.1) is 21.5 Å². The lowest BCUT2D eigenvalue weighted by Crippen LogP contribution is -2.51. The smallest absolute Gasteiger partial charge is 0.228 e. The normalized spacial score (nSPS) is 15.8. The second-order valence-electron chi connectivity index (χ2n) is 6.78. The number of carbonyl (C=O) groups is 1. The summed E-state index contributed by atoms with van der Waals surface area (Å²) in [4.78, 5) is 17.6. The molecule has 0 bridgehead atoms. The quantitative estimate of drug-likeness (QED) is 0.849. The maximum absolute atomic E-state index is 12.3. The lowest BCUT2D eigenvalue weighted by atomic mass is 9.94. The topological polar surface area (TPSA) is 49.3 Å². The molecule has 3 heterocycles. The Kier molecular flexibility index (Phi) is 4.35. The summed E-state index contributed by atoms with van der Waals surface area (Å²) < 4.78 is 0. The Morgan fingerprint density at radius 1 is 1.09 bits per heavy atom. The Morgan fingerprint density at radius 2 is 1.83 bits per heavy atom. The molecule has 3 rings (SSSR count). The van der Waals surface area contributed by atoms with Gasteiger partial charge in [0, 0.05) is 31.6 Å². The molecule has 0 unspecified atom stereocenters. The van der Waals surface area contributed by atoms with E-state index in [0.717, 1.165) is 42.6 Å². The molecule has 0 spiro atoms. The number of hydrogen-bond donors (Lipinski definition) is 0. The first kappa shape index (κ1) is 15.9. The maximum Gasteiger partial charge on any atom is 0.228 e. The van der Waals surface area contributed by atoms with Crippen molar-refractivity contribution in [1.82, 2.24) is 15.1 Å². The average Bonchev–Trinajstić information content (AvgIpc) is 3.08. The Labute approximate surface area is 140 Å². The van der Waals surface area contributed by atoms with Crippen LogP contribution in [0.2, 0.25) is 0 Å². The molecule has 1 aliphatic rings. The van der Waals surface area contributed by atoms with Gasteiger partial charge in [0.05, 0.1) is 4.88 Å². The molecular formula is C17H22N4OS. The molecule has 0 aromatic carbocycles. The van der Waals surface area contributed by atoms with Crippen LogP contribution in [0, 0.1) is 5.41 Å². The number of aromatic nitrogens is 2. The van der Waals surface area contributed by atoms with Crippen molar-refractivity contribution >= 4 is 23.1 Å². The second-order valence-corrected chi connectivity index (χ2v) is 7.73. The van der Waals surface area contributed by atoms with Crippen molar-refractivity contribution in [2.24, 2.45) is 5.41 Å². The Balaban J connectivity index is 1.63. The molecule has 1 aliphatic heterocycles. The van der Waals surface area contributed by atoms with Gasteiger partial charge >= 0.3 is 0 Å². The standard InChI is InChI=1S/C17H22N4OS/c1-17(2,3)16(22)21-10-8-20(9-11-21)15-7-6-13(18-19-15)14-5-4-12-23-14/h4-7,12H,8-11H2,1-3H3. The minimum absolute atomic E-state index is 0.219. The van der Waals surface area contributed by atoms with Gasteiger partial charge < -0.3 is 9.80 Å². The zero-order chi connectivity index (χ0) is 16.4. The molecule has 1 fully saturated rings. The third-order valence-electron chi connectivity index (χ3n) is 3.96. The number of amides is 1. The van der Waals surface area contributed by atoms with Crippen LogP contribution in [0.3, 0.4) is 0 Å². The van der Waals surface area contributed by atoms with E-state index in [1.165, 1.54) is 0 Å². The van der Waals surface area contributed by atoms with Crippen LogP contribution in [0.5, 0.6) is 0 Å². The predicted octanol–water partition coefficient (Wildman–Crippen LogP) is 2.90. The van der Waals surface area contributed by atoms with E-state index in [1.54, 1.807) is 11.3 Å². The monoisotopic (exact) mass is 330 g/mol. The molecule has 1 amide bonds. The summed E-state index contributed by atoms with van der Waals surface area (Å²) in [5.74, 6) is 1.10. The number of carbonyl (C=O) groups excluding carboxylic acids is 1. The molecule has 0 aliphatic carbocycles. The number of rotatable bonds is 2. The van der Waals surface area contributed by atoms with Crippen LogP contribution in [-0.4, -0.2) is 47.2 Å². The predicted molar refractivity (Wildman–Crippen MR) is 93.6 cm³/mol. The number of piperazine rings is 1. The van der Waals surface area contributed by atoms with Gasteiger partial charge in [-0.2, -0.15) is 0 Å². The van der Waals surface area contributed by atoms with E-state index in [1.807, 2.05) is 55.3 Å². The van der Waals surface area contributed by atoms with Crippen LogP contribution in [0.25, 0.3) is 10.6 Å². The van der Waals surface area contributed by atoms with Gasteiger partial charge in [0.25, 0.3) is 0 Å². The van der Waals surface area contributed by atoms with Crippen LogP contribution < -0.4 is 4.90 Å². The van der Waals surface area contributed by atoms with Crippen molar-refractivity contribution in [1.29, 1.82) is 0 Å². The third-order valence-corrected chi connectivity index (χ3v) is 4.85. The van der Waals surface area contributed by atoms with Gasteiger partial charge in [-0.25, -0.2) is 0 Å². The van der Waals surface area contributed by atoms with Crippen molar-refractivity contribution in [3.63, 3.8) is 0 Å². The molecule has 23 heavy (non-hydrogen) atoms. The summed E-state index contributed by atoms with van der Waals surface area (Å²) in [6, 6.07) is 8.09. The lowest BCUT2D eigenvalue weighted by molar-refractivity contribution is -0.139. The van der Waals surface area contributed by atoms with E-state index in [-0.39, 0.29) is 11.3 Å². The van der Waals surface area contributed by atoms with Crippen molar-refractivity contribution < 1.29 is 4.79 Å². The van der Waals surface area contributed by atoms with Gasteiger partial charge in [0.2, 0.25) is 5.91 Å².